The third kappa shape index (κ3) is 7.75. The van der Waals surface area contributed by atoms with Crippen LogP contribution in [0.15, 0.2) is 35.3 Å². The number of pyridine rings is 1. The lowest BCUT2D eigenvalue weighted by atomic mass is 10.00. The number of imidazole rings is 1. The van der Waals surface area contributed by atoms with Crippen molar-refractivity contribution in [1.82, 2.24) is 19.4 Å². The summed E-state index contributed by atoms with van der Waals surface area (Å²) in [5, 5.41) is 3.28. The Labute approximate surface area is 241 Å². The predicted molar refractivity (Wildman–Crippen MR) is 158 cm³/mol. The first-order chi connectivity index (χ1) is 19.7. The molecule has 0 saturated carbocycles. The first kappa shape index (κ1) is 30.7. The molecule has 224 valence electrons. The largest absolute Gasteiger partial charge is 0.492 e. The van der Waals surface area contributed by atoms with Crippen LogP contribution < -0.4 is 15.6 Å². The molecule has 1 aromatic carbocycles. The number of esters is 1. The van der Waals surface area contributed by atoms with Crippen molar-refractivity contribution in [2.24, 2.45) is 18.9 Å². The summed E-state index contributed by atoms with van der Waals surface area (Å²) < 4.78 is 26.2. The number of nitrogens with zero attached hydrogens (tertiary/aromatic N) is 3. The zero-order valence-electron chi connectivity index (χ0n) is 25.1. The molecule has 1 fully saturated rings. The predicted octanol–water partition coefficient (Wildman–Crippen LogP) is 3.71. The molecule has 2 atom stereocenters. The third-order valence-electron chi connectivity index (χ3n) is 7.50. The number of fused-ring (bicyclic) bond motifs is 1. The van der Waals surface area contributed by atoms with Gasteiger partial charge in [-0.25, -0.2) is 4.98 Å². The van der Waals surface area contributed by atoms with Crippen LogP contribution in [0.4, 0.5) is 0 Å². The van der Waals surface area contributed by atoms with Crippen LogP contribution in [0.3, 0.4) is 0 Å². The maximum Gasteiger partial charge on any atom is 0.323 e. The molecule has 0 spiro atoms. The van der Waals surface area contributed by atoms with Crippen LogP contribution in [0.5, 0.6) is 5.75 Å². The minimum absolute atomic E-state index is 0.0115. The standard InChI is InChI=1S/C31H44N4O6/c1-20(2)28(31(37)41-22(4)19-38-6)32-11-14-40-25-7-8-26-27(16-25)35(17-23-9-12-39-13-10-23)29(33-26)24-15-21(3)30(36)34(5)18-24/h7-8,15-16,18,20,22-23,28,32H,9-14,17,19H2,1-6H3/t22-,28-/m0/s1. The number of carbonyl (C=O) groups is 1. The highest BCUT2D eigenvalue weighted by molar-refractivity contribution is 5.82. The fourth-order valence-corrected chi connectivity index (χ4v) is 5.30. The number of rotatable bonds is 13. The van der Waals surface area contributed by atoms with Gasteiger partial charge in [0, 0.05) is 63.9 Å². The van der Waals surface area contributed by atoms with Gasteiger partial charge in [0.2, 0.25) is 0 Å². The molecule has 1 N–H and O–H groups in total. The van der Waals surface area contributed by atoms with Crippen LogP contribution in [-0.2, 0) is 32.6 Å². The number of hydrogen-bond acceptors (Lipinski definition) is 8. The number of methoxy groups -OCH3 is 1. The van der Waals surface area contributed by atoms with Crippen molar-refractivity contribution in [3.63, 3.8) is 0 Å². The molecule has 1 aliphatic rings. The summed E-state index contributed by atoms with van der Waals surface area (Å²) >= 11 is 0. The average molecular weight is 569 g/mol. The first-order valence-electron chi connectivity index (χ1n) is 14.5. The lowest BCUT2D eigenvalue weighted by molar-refractivity contribution is -0.154. The molecule has 1 saturated heterocycles. The van der Waals surface area contributed by atoms with Gasteiger partial charge >= 0.3 is 5.97 Å². The number of carbonyl (C=O) groups excluding carboxylic acids is 1. The summed E-state index contributed by atoms with van der Waals surface area (Å²) in [5.41, 5.74) is 3.44. The maximum atomic E-state index is 12.6. The van der Waals surface area contributed by atoms with Gasteiger partial charge in [0.25, 0.3) is 5.56 Å². The minimum atomic E-state index is -0.436. The number of ether oxygens (including phenoxy) is 4. The van der Waals surface area contributed by atoms with E-state index < -0.39 is 6.04 Å². The Balaban J connectivity index is 1.51. The Morgan fingerprint density at radius 2 is 1.95 bits per heavy atom. The van der Waals surface area contributed by atoms with Crippen molar-refractivity contribution in [3.8, 4) is 17.1 Å². The lowest BCUT2D eigenvalue weighted by Crippen LogP contribution is -2.45. The summed E-state index contributed by atoms with van der Waals surface area (Å²) in [6.07, 6.45) is 3.54. The Hall–Kier alpha value is -3.21. The molecule has 2 aromatic heterocycles. The molecule has 3 heterocycles. The van der Waals surface area contributed by atoms with Gasteiger partial charge in [0.05, 0.1) is 17.6 Å². The van der Waals surface area contributed by atoms with Gasteiger partial charge in [-0.2, -0.15) is 0 Å². The van der Waals surface area contributed by atoms with E-state index in [1.807, 2.05) is 58.2 Å². The Bertz CT molecular complexity index is 1350. The van der Waals surface area contributed by atoms with Crippen molar-refractivity contribution >= 4 is 17.0 Å². The minimum Gasteiger partial charge on any atom is -0.492 e. The lowest BCUT2D eigenvalue weighted by Gasteiger charge is -2.24. The Morgan fingerprint density at radius 3 is 2.63 bits per heavy atom. The molecular weight excluding hydrogens is 524 g/mol. The molecule has 1 aliphatic heterocycles. The first-order valence-corrected chi connectivity index (χ1v) is 14.5. The molecular formula is C31H44N4O6. The fourth-order valence-electron chi connectivity index (χ4n) is 5.30. The molecule has 10 nitrogen and oxygen atoms in total. The van der Waals surface area contributed by atoms with Crippen molar-refractivity contribution in [2.45, 2.75) is 59.2 Å². The second kappa shape index (κ2) is 14.1. The maximum absolute atomic E-state index is 12.6. The van der Waals surface area contributed by atoms with Gasteiger partial charge in [-0.1, -0.05) is 13.8 Å². The number of aryl methyl sites for hydroxylation is 2. The van der Waals surface area contributed by atoms with E-state index in [0.29, 0.717) is 31.2 Å². The Morgan fingerprint density at radius 1 is 1.20 bits per heavy atom. The van der Waals surface area contributed by atoms with Gasteiger partial charge in [-0.15, -0.1) is 0 Å². The molecule has 0 bridgehead atoms. The van der Waals surface area contributed by atoms with Crippen LogP contribution >= 0.6 is 0 Å². The number of hydrogen-bond donors (Lipinski definition) is 1. The van der Waals surface area contributed by atoms with Crippen LogP contribution in [0, 0.1) is 18.8 Å². The van der Waals surface area contributed by atoms with Crippen molar-refractivity contribution in [3.05, 3.63) is 46.4 Å². The van der Waals surface area contributed by atoms with E-state index >= 15 is 0 Å². The topological polar surface area (TPSA) is 106 Å². The molecule has 0 unspecified atom stereocenters. The van der Waals surface area contributed by atoms with E-state index in [0.717, 1.165) is 60.8 Å². The number of nitrogens with one attached hydrogen (secondary N) is 1. The van der Waals surface area contributed by atoms with Gasteiger partial charge in [-0.3, -0.25) is 9.59 Å². The van der Waals surface area contributed by atoms with Crippen molar-refractivity contribution < 1.29 is 23.7 Å². The van der Waals surface area contributed by atoms with Gasteiger partial charge in [-0.05, 0) is 56.7 Å². The van der Waals surface area contributed by atoms with E-state index in [-0.39, 0.29) is 23.6 Å². The SMILES string of the molecule is COC[C@H](C)OC(=O)[C@@H](NCCOc1ccc2nc(-c3cc(C)c(=O)n(C)c3)n(CC3CCOCC3)c2c1)C(C)C. The smallest absolute Gasteiger partial charge is 0.323 e. The second-order valence-corrected chi connectivity index (χ2v) is 11.3. The summed E-state index contributed by atoms with van der Waals surface area (Å²) in [5.74, 6) is 1.82. The van der Waals surface area contributed by atoms with Crippen molar-refractivity contribution in [2.75, 3.05) is 40.1 Å². The summed E-state index contributed by atoms with van der Waals surface area (Å²) in [7, 11) is 3.36. The van der Waals surface area contributed by atoms with E-state index in [4.69, 9.17) is 23.9 Å². The molecule has 3 aromatic rings. The van der Waals surface area contributed by atoms with Crippen LogP contribution in [0.25, 0.3) is 22.4 Å². The van der Waals surface area contributed by atoms with Crippen LogP contribution in [0.2, 0.25) is 0 Å². The molecule has 0 radical (unpaired) electrons. The summed E-state index contributed by atoms with van der Waals surface area (Å²) in [6.45, 7) is 11.2. The number of benzene rings is 1. The normalized spacial score (nSPS) is 15.8. The monoisotopic (exact) mass is 568 g/mol. The molecule has 0 amide bonds. The molecule has 0 aliphatic carbocycles. The highest BCUT2D eigenvalue weighted by Crippen LogP contribution is 2.30. The highest BCUT2D eigenvalue weighted by Gasteiger charge is 2.25. The molecule has 41 heavy (non-hydrogen) atoms. The zero-order chi connectivity index (χ0) is 29.5. The van der Waals surface area contributed by atoms with E-state index in [2.05, 4.69) is 9.88 Å². The zero-order valence-corrected chi connectivity index (χ0v) is 25.1. The van der Waals surface area contributed by atoms with E-state index in [1.54, 1.807) is 18.7 Å². The summed E-state index contributed by atoms with van der Waals surface area (Å²) in [4.78, 5) is 30.0. The fraction of sp³-hybridized carbons (Fsp3) is 0.581. The van der Waals surface area contributed by atoms with Gasteiger partial charge < -0.3 is 33.4 Å². The van der Waals surface area contributed by atoms with Gasteiger partial charge in [0.15, 0.2) is 0 Å². The van der Waals surface area contributed by atoms with Gasteiger partial charge in [0.1, 0.15) is 30.3 Å². The van der Waals surface area contributed by atoms with E-state index in [1.165, 1.54) is 0 Å². The second-order valence-electron chi connectivity index (χ2n) is 11.3. The Kier molecular flexibility index (Phi) is 10.6. The number of aromatic nitrogens is 3. The summed E-state index contributed by atoms with van der Waals surface area (Å²) in [6, 6.07) is 7.40. The molecule has 4 rings (SSSR count). The highest BCUT2D eigenvalue weighted by atomic mass is 16.6. The quantitative estimate of drug-likeness (QED) is 0.246. The van der Waals surface area contributed by atoms with Crippen LogP contribution in [-0.4, -0.2) is 72.3 Å². The van der Waals surface area contributed by atoms with Crippen molar-refractivity contribution in [1.29, 1.82) is 0 Å². The average Bonchev–Trinajstić information content (AvgIpc) is 3.29. The third-order valence-corrected chi connectivity index (χ3v) is 7.50. The van der Waals surface area contributed by atoms with E-state index in [9.17, 15) is 9.59 Å². The van der Waals surface area contributed by atoms with Crippen LogP contribution in [0.1, 0.15) is 39.2 Å². The molecule has 10 heteroatoms.